The van der Waals surface area contributed by atoms with Gasteiger partial charge in [0, 0.05) is 5.56 Å². The van der Waals surface area contributed by atoms with Crippen molar-refractivity contribution < 1.29 is 28.9 Å². The second-order valence-corrected chi connectivity index (χ2v) is 9.88. The van der Waals surface area contributed by atoms with Crippen molar-refractivity contribution in [3.63, 3.8) is 0 Å². The maximum Gasteiger partial charge on any atom is 0.301 e. The molecule has 4 aromatic rings. The second kappa shape index (κ2) is 11.2. The molecule has 3 aromatic carbocycles. The minimum Gasteiger partial charge on any atom is -0.507 e. The quantitative estimate of drug-likeness (QED) is 0.154. The summed E-state index contributed by atoms with van der Waals surface area (Å²) in [5.74, 6) is 0.169. The molecule has 200 valence electrons. The van der Waals surface area contributed by atoms with Gasteiger partial charge in [0.2, 0.25) is 0 Å². The summed E-state index contributed by atoms with van der Waals surface area (Å²) in [6.45, 7) is 4.98. The van der Waals surface area contributed by atoms with Gasteiger partial charge in [0.25, 0.3) is 5.78 Å². The number of carbonyl (C=O) groups excluding carboxylic acids is 2. The average molecular weight is 545 g/mol. The van der Waals surface area contributed by atoms with E-state index in [2.05, 4.69) is 4.98 Å². The predicted molar refractivity (Wildman–Crippen MR) is 151 cm³/mol. The maximum atomic E-state index is 13.5. The number of anilines is 1. The summed E-state index contributed by atoms with van der Waals surface area (Å²) in [5, 5.41) is 11.7. The summed E-state index contributed by atoms with van der Waals surface area (Å²) in [4.78, 5) is 33.0. The predicted octanol–water partition coefficient (Wildman–Crippen LogP) is 6.12. The molecule has 1 aromatic heterocycles. The van der Waals surface area contributed by atoms with Gasteiger partial charge < -0.3 is 19.3 Å². The van der Waals surface area contributed by atoms with Crippen molar-refractivity contribution in [2.75, 3.05) is 25.2 Å². The number of ether oxygens (including phenoxy) is 3. The van der Waals surface area contributed by atoms with Gasteiger partial charge in [-0.15, -0.1) is 0 Å². The molecule has 0 saturated carbocycles. The van der Waals surface area contributed by atoms with E-state index in [1.807, 2.05) is 19.9 Å². The first-order chi connectivity index (χ1) is 18.9. The van der Waals surface area contributed by atoms with Crippen LogP contribution in [0.15, 0.2) is 72.3 Å². The van der Waals surface area contributed by atoms with E-state index in [0.29, 0.717) is 52.2 Å². The van der Waals surface area contributed by atoms with E-state index in [9.17, 15) is 14.7 Å². The van der Waals surface area contributed by atoms with Gasteiger partial charge >= 0.3 is 5.91 Å². The number of hydrogen-bond donors (Lipinski definition) is 1. The van der Waals surface area contributed by atoms with Crippen LogP contribution in [0.4, 0.5) is 5.13 Å². The highest BCUT2D eigenvalue weighted by Crippen LogP contribution is 2.45. The molecule has 0 radical (unpaired) electrons. The third-order valence-corrected chi connectivity index (χ3v) is 7.36. The summed E-state index contributed by atoms with van der Waals surface area (Å²) < 4.78 is 17.4. The molecule has 1 aliphatic heterocycles. The molecule has 0 spiro atoms. The minimum atomic E-state index is -0.890. The van der Waals surface area contributed by atoms with E-state index in [4.69, 9.17) is 14.2 Å². The molecule has 0 bridgehead atoms. The van der Waals surface area contributed by atoms with Gasteiger partial charge in [0.05, 0.1) is 42.2 Å². The van der Waals surface area contributed by atoms with Crippen LogP contribution in [0.1, 0.15) is 37.4 Å². The lowest BCUT2D eigenvalue weighted by Crippen LogP contribution is -2.29. The van der Waals surface area contributed by atoms with Crippen LogP contribution in [-0.2, 0) is 9.59 Å². The van der Waals surface area contributed by atoms with E-state index in [0.717, 1.165) is 11.1 Å². The molecule has 8 nitrogen and oxygen atoms in total. The van der Waals surface area contributed by atoms with Crippen LogP contribution in [0, 0.1) is 0 Å². The van der Waals surface area contributed by atoms with Crippen LogP contribution in [0.25, 0.3) is 16.0 Å². The largest absolute Gasteiger partial charge is 0.507 e. The number of nitrogens with zero attached hydrogens (tertiary/aromatic N) is 2. The van der Waals surface area contributed by atoms with Crippen molar-refractivity contribution >= 4 is 44.1 Å². The van der Waals surface area contributed by atoms with Gasteiger partial charge in [0.15, 0.2) is 5.13 Å². The van der Waals surface area contributed by atoms with Crippen LogP contribution in [-0.4, -0.2) is 42.1 Å². The Morgan fingerprint density at radius 3 is 2.28 bits per heavy atom. The average Bonchev–Trinajstić information content (AvgIpc) is 3.49. The first-order valence-corrected chi connectivity index (χ1v) is 13.5. The number of methoxy groups -OCH3 is 1. The van der Waals surface area contributed by atoms with Crippen LogP contribution >= 0.6 is 11.3 Å². The Bertz CT molecular complexity index is 1540. The van der Waals surface area contributed by atoms with E-state index in [1.54, 1.807) is 67.8 Å². The van der Waals surface area contributed by atoms with Gasteiger partial charge in [-0.1, -0.05) is 30.4 Å². The SMILES string of the molecule is CCCOc1ccc(C(O)=C2C(=O)C(=O)N(c3nc4ccc(OC)cc4s3)C2c2ccc(OCC)cc2)cc1. The molecule has 1 saturated heterocycles. The van der Waals surface area contributed by atoms with Crippen molar-refractivity contribution in [1.82, 2.24) is 4.98 Å². The number of aromatic nitrogens is 1. The highest BCUT2D eigenvalue weighted by molar-refractivity contribution is 7.22. The minimum absolute atomic E-state index is 0.0109. The maximum absolute atomic E-state index is 13.5. The summed E-state index contributed by atoms with van der Waals surface area (Å²) in [6, 6.07) is 18.5. The van der Waals surface area contributed by atoms with Crippen molar-refractivity contribution in [1.29, 1.82) is 0 Å². The van der Waals surface area contributed by atoms with E-state index in [-0.39, 0.29) is 11.3 Å². The number of benzene rings is 3. The number of ketones is 1. The Balaban J connectivity index is 1.63. The molecule has 2 heterocycles. The molecule has 1 N–H and O–H groups in total. The first-order valence-electron chi connectivity index (χ1n) is 12.7. The molecular weight excluding hydrogens is 516 g/mol. The fraction of sp³-hybridized carbons (Fsp3) is 0.233. The van der Waals surface area contributed by atoms with Crippen LogP contribution in [0.5, 0.6) is 17.2 Å². The van der Waals surface area contributed by atoms with Crippen molar-refractivity contribution in [2.24, 2.45) is 0 Å². The van der Waals surface area contributed by atoms with Gasteiger partial charge in [-0.2, -0.15) is 0 Å². The highest BCUT2D eigenvalue weighted by Gasteiger charge is 2.48. The Morgan fingerprint density at radius 1 is 0.949 bits per heavy atom. The van der Waals surface area contributed by atoms with Crippen LogP contribution in [0.2, 0.25) is 0 Å². The van der Waals surface area contributed by atoms with Crippen molar-refractivity contribution in [3.05, 3.63) is 83.4 Å². The second-order valence-electron chi connectivity index (χ2n) is 8.87. The van der Waals surface area contributed by atoms with E-state index in [1.165, 1.54) is 16.2 Å². The molecule has 1 amide bonds. The Labute approximate surface area is 230 Å². The number of hydrogen-bond acceptors (Lipinski definition) is 8. The fourth-order valence-corrected chi connectivity index (χ4v) is 5.49. The zero-order valence-corrected chi connectivity index (χ0v) is 22.7. The number of carbonyl (C=O) groups is 2. The lowest BCUT2D eigenvalue weighted by molar-refractivity contribution is -0.132. The smallest absolute Gasteiger partial charge is 0.301 e. The number of rotatable bonds is 9. The topological polar surface area (TPSA) is 98.2 Å². The third-order valence-electron chi connectivity index (χ3n) is 6.34. The van der Waals surface area contributed by atoms with Gasteiger partial charge in [-0.25, -0.2) is 4.98 Å². The summed E-state index contributed by atoms with van der Waals surface area (Å²) >= 11 is 1.27. The first kappa shape index (κ1) is 26.2. The van der Waals surface area contributed by atoms with E-state index >= 15 is 0 Å². The molecule has 39 heavy (non-hydrogen) atoms. The number of aliphatic hydroxyl groups excluding tert-OH is 1. The lowest BCUT2D eigenvalue weighted by atomic mass is 9.95. The van der Waals surface area contributed by atoms with Gasteiger partial charge in [-0.05, 0) is 73.5 Å². The standard InChI is InChI=1S/C30H28N2O6S/c1-4-16-38-21-12-8-19(9-13-21)27(33)25-26(18-6-10-20(11-7-18)37-5-2)32(29(35)28(25)34)30-31-23-15-14-22(36-3)17-24(23)39-30/h6-15,17,26,33H,4-5,16H2,1-3H3. The Morgan fingerprint density at radius 2 is 1.62 bits per heavy atom. The molecule has 1 atom stereocenters. The third kappa shape index (κ3) is 5.05. The molecular formula is C30H28N2O6S. The zero-order chi connectivity index (χ0) is 27.5. The van der Waals surface area contributed by atoms with Crippen molar-refractivity contribution in [2.45, 2.75) is 26.3 Å². The van der Waals surface area contributed by atoms with E-state index < -0.39 is 17.7 Å². The number of Topliss-reactive ketones (excluding diaryl/α,β-unsaturated/α-hetero) is 1. The molecule has 9 heteroatoms. The number of fused-ring (bicyclic) bond motifs is 1. The summed E-state index contributed by atoms with van der Waals surface area (Å²) in [6.07, 6.45) is 0.867. The van der Waals surface area contributed by atoms with Gasteiger partial charge in [-0.3, -0.25) is 14.5 Å². The molecule has 1 fully saturated rings. The molecule has 1 aliphatic rings. The Kier molecular flexibility index (Phi) is 7.51. The Hall–Kier alpha value is -4.37. The number of thiazole rings is 1. The van der Waals surface area contributed by atoms with Gasteiger partial charge in [0.1, 0.15) is 23.0 Å². The lowest BCUT2D eigenvalue weighted by Gasteiger charge is -2.23. The highest BCUT2D eigenvalue weighted by atomic mass is 32.1. The summed E-state index contributed by atoms with van der Waals surface area (Å²) in [7, 11) is 1.58. The number of aliphatic hydroxyl groups is 1. The summed E-state index contributed by atoms with van der Waals surface area (Å²) in [5.41, 5.74) is 1.70. The molecule has 0 aliphatic carbocycles. The zero-order valence-electron chi connectivity index (χ0n) is 21.8. The number of amides is 1. The molecule has 5 rings (SSSR count). The fourth-order valence-electron chi connectivity index (χ4n) is 4.47. The van der Waals surface area contributed by atoms with Crippen LogP contribution in [0.3, 0.4) is 0 Å². The van der Waals surface area contributed by atoms with Crippen molar-refractivity contribution in [3.8, 4) is 17.2 Å². The van der Waals surface area contributed by atoms with Crippen LogP contribution < -0.4 is 19.1 Å². The molecule has 1 unspecified atom stereocenters. The monoisotopic (exact) mass is 544 g/mol. The normalized spacial score (nSPS) is 16.6.